The molecule has 0 atom stereocenters. The monoisotopic (exact) mass is 581 g/mol. The van der Waals surface area contributed by atoms with Gasteiger partial charge < -0.3 is 20.1 Å². The highest BCUT2D eigenvalue weighted by molar-refractivity contribution is 5.94. The Morgan fingerprint density at radius 3 is 2.19 bits per heavy atom. The van der Waals surface area contributed by atoms with E-state index in [0.29, 0.717) is 17.8 Å². The van der Waals surface area contributed by atoms with Gasteiger partial charge in [-0.25, -0.2) is 0 Å². The first-order valence-corrected chi connectivity index (χ1v) is 15.8. The Morgan fingerprint density at radius 1 is 0.837 bits per heavy atom. The molecule has 8 nitrogen and oxygen atoms in total. The molecule has 8 heteroatoms. The molecule has 3 aromatic rings. The lowest BCUT2D eigenvalue weighted by Crippen LogP contribution is -2.56. The van der Waals surface area contributed by atoms with E-state index in [9.17, 15) is 14.4 Å². The van der Waals surface area contributed by atoms with Gasteiger partial charge in [-0.3, -0.25) is 19.3 Å². The number of nitrogens with one attached hydrogen (secondary N) is 2. The van der Waals surface area contributed by atoms with Crippen molar-refractivity contribution in [3.63, 3.8) is 0 Å². The average Bonchev–Trinajstić information content (AvgIpc) is 3.44. The van der Waals surface area contributed by atoms with Gasteiger partial charge in [0, 0.05) is 63.1 Å². The Morgan fingerprint density at radius 2 is 1.53 bits per heavy atom. The fraction of sp³-hybridized carbons (Fsp3) is 0.457. The van der Waals surface area contributed by atoms with Crippen molar-refractivity contribution in [3.8, 4) is 0 Å². The molecule has 0 unspecified atom stereocenters. The molecular weight excluding hydrogens is 538 g/mol. The van der Waals surface area contributed by atoms with Crippen LogP contribution in [0, 0.1) is 5.92 Å². The second kappa shape index (κ2) is 12.4. The summed E-state index contributed by atoms with van der Waals surface area (Å²) in [7, 11) is 3.54. The third-order valence-corrected chi connectivity index (χ3v) is 9.70. The van der Waals surface area contributed by atoms with Crippen LogP contribution >= 0.6 is 0 Å². The number of fused-ring (bicyclic) bond motifs is 2. The van der Waals surface area contributed by atoms with Crippen molar-refractivity contribution in [2.24, 2.45) is 5.92 Å². The molecule has 0 bridgehead atoms. The first kappa shape index (κ1) is 29.2. The van der Waals surface area contributed by atoms with Gasteiger partial charge in [0.1, 0.15) is 5.69 Å². The van der Waals surface area contributed by atoms with Crippen LogP contribution in [0.2, 0.25) is 0 Å². The van der Waals surface area contributed by atoms with E-state index in [1.165, 1.54) is 24.1 Å². The molecule has 226 valence electrons. The summed E-state index contributed by atoms with van der Waals surface area (Å²) in [5, 5.41) is 6.17. The fourth-order valence-corrected chi connectivity index (χ4v) is 7.04. The minimum absolute atomic E-state index is 0.0130. The molecule has 2 aromatic carbocycles. The maximum Gasteiger partial charge on any atom is 0.268 e. The molecule has 0 radical (unpaired) electrons. The van der Waals surface area contributed by atoms with Crippen LogP contribution in [0.4, 0.5) is 5.69 Å². The molecule has 2 saturated carbocycles. The number of hydrogen-bond donors (Lipinski definition) is 2. The third-order valence-electron chi connectivity index (χ3n) is 9.70. The molecule has 0 saturated heterocycles. The van der Waals surface area contributed by atoms with E-state index in [2.05, 4.69) is 38.3 Å². The summed E-state index contributed by atoms with van der Waals surface area (Å²) in [6.07, 6.45) is 8.80. The van der Waals surface area contributed by atoms with Crippen LogP contribution < -0.4 is 10.6 Å². The topological polar surface area (TPSA) is 86.7 Å². The molecular formula is C35H43N5O3. The number of hydrogen-bond acceptors (Lipinski definition) is 4. The highest BCUT2D eigenvalue weighted by Gasteiger charge is 2.48. The zero-order valence-corrected chi connectivity index (χ0v) is 25.4. The molecule has 2 aliphatic carbocycles. The molecule has 43 heavy (non-hydrogen) atoms. The minimum Gasteiger partial charge on any atom is -0.347 e. The van der Waals surface area contributed by atoms with Crippen molar-refractivity contribution in [1.29, 1.82) is 0 Å². The van der Waals surface area contributed by atoms with E-state index in [4.69, 9.17) is 0 Å². The summed E-state index contributed by atoms with van der Waals surface area (Å²) in [6, 6.07) is 19.8. The summed E-state index contributed by atoms with van der Waals surface area (Å²) >= 11 is 0. The van der Waals surface area contributed by atoms with Gasteiger partial charge in [-0.15, -0.1) is 0 Å². The summed E-state index contributed by atoms with van der Waals surface area (Å²) in [5.74, 6) is 0.193. The Labute approximate surface area is 254 Å². The average molecular weight is 582 g/mol. The molecule has 1 aromatic heterocycles. The number of anilines is 1. The zero-order chi connectivity index (χ0) is 30.0. The summed E-state index contributed by atoms with van der Waals surface area (Å²) in [6.45, 7) is 2.88. The van der Waals surface area contributed by atoms with Gasteiger partial charge in [-0.05, 0) is 79.6 Å². The lowest BCUT2D eigenvalue weighted by Gasteiger charge is -2.53. The number of benzene rings is 2. The zero-order valence-electron chi connectivity index (χ0n) is 25.4. The van der Waals surface area contributed by atoms with E-state index < -0.39 is 0 Å². The lowest BCUT2D eigenvalue weighted by atomic mass is 9.71. The maximum atomic E-state index is 13.3. The molecule has 2 N–H and O–H groups in total. The highest BCUT2D eigenvalue weighted by atomic mass is 16.2. The molecule has 3 amide bonds. The van der Waals surface area contributed by atoms with Gasteiger partial charge in [0.25, 0.3) is 11.8 Å². The van der Waals surface area contributed by atoms with Crippen LogP contribution in [0.1, 0.15) is 89.0 Å². The predicted octanol–water partition coefficient (Wildman–Crippen LogP) is 5.53. The van der Waals surface area contributed by atoms with Gasteiger partial charge in [-0.2, -0.15) is 0 Å². The normalized spacial score (nSPS) is 18.0. The Bertz CT molecular complexity index is 1460. The maximum absolute atomic E-state index is 13.3. The van der Waals surface area contributed by atoms with Gasteiger partial charge >= 0.3 is 0 Å². The summed E-state index contributed by atoms with van der Waals surface area (Å²) in [5.41, 5.74) is 5.59. The van der Waals surface area contributed by atoms with Crippen LogP contribution in [-0.2, 0) is 30.0 Å². The number of aromatic nitrogens is 1. The predicted molar refractivity (Wildman–Crippen MR) is 168 cm³/mol. The van der Waals surface area contributed by atoms with Gasteiger partial charge in [-0.1, -0.05) is 43.5 Å². The van der Waals surface area contributed by atoms with E-state index in [-0.39, 0.29) is 29.2 Å². The number of nitrogens with zero attached hydrogens (tertiary/aromatic N) is 3. The van der Waals surface area contributed by atoms with Crippen LogP contribution in [0.25, 0.3) is 0 Å². The van der Waals surface area contributed by atoms with Gasteiger partial charge in [0.2, 0.25) is 5.91 Å². The van der Waals surface area contributed by atoms with Crippen molar-refractivity contribution < 1.29 is 14.4 Å². The Kier molecular flexibility index (Phi) is 8.39. The Balaban J connectivity index is 1.07. The van der Waals surface area contributed by atoms with Gasteiger partial charge in [0.15, 0.2) is 0 Å². The largest absolute Gasteiger partial charge is 0.347 e. The van der Waals surface area contributed by atoms with E-state index in [1.807, 2.05) is 42.5 Å². The number of carbonyl (C=O) groups is 3. The minimum atomic E-state index is -0.0648. The second-order valence-electron chi connectivity index (χ2n) is 12.7. The van der Waals surface area contributed by atoms with Crippen LogP contribution in [0.15, 0.2) is 60.7 Å². The Hall–Kier alpha value is -3.91. The standard InChI is InChI=1S/C35H43N5O3/c1-38(2)34(43)28-13-9-26(10-14-28)24-39-21-22-40-30(17-18-31(40)35(39)19-6-20-35)33(42)36-23-25-11-15-29(16-12-25)37-32(41)27-7-4-3-5-8-27/h9-18,27H,3-8,19-24H2,1-2H3,(H,36,42)(H,37,41). The summed E-state index contributed by atoms with van der Waals surface area (Å²) < 4.78 is 2.22. The van der Waals surface area contributed by atoms with E-state index in [0.717, 1.165) is 69.4 Å². The van der Waals surface area contributed by atoms with Crippen molar-refractivity contribution in [2.75, 3.05) is 26.0 Å². The fourth-order valence-electron chi connectivity index (χ4n) is 7.04. The smallest absolute Gasteiger partial charge is 0.268 e. The van der Waals surface area contributed by atoms with Crippen LogP contribution in [-0.4, -0.2) is 52.7 Å². The van der Waals surface area contributed by atoms with E-state index in [1.54, 1.807) is 19.0 Å². The molecule has 2 fully saturated rings. The molecule has 1 aliphatic heterocycles. The molecule has 3 aliphatic rings. The molecule has 2 heterocycles. The molecule has 1 spiro atoms. The lowest BCUT2D eigenvalue weighted by molar-refractivity contribution is -0.120. The SMILES string of the molecule is CN(C)C(=O)c1ccc(CN2CCn3c(C(=O)NCc4ccc(NC(=O)C5CCCCC5)cc4)ccc3C23CCC3)cc1. The third kappa shape index (κ3) is 5.98. The van der Waals surface area contributed by atoms with Crippen LogP contribution in [0.5, 0.6) is 0 Å². The van der Waals surface area contributed by atoms with Crippen molar-refractivity contribution in [3.05, 3.63) is 88.7 Å². The number of rotatable bonds is 8. The van der Waals surface area contributed by atoms with Crippen molar-refractivity contribution in [1.82, 2.24) is 19.7 Å². The number of amides is 3. The quantitative estimate of drug-likeness (QED) is 0.366. The molecule has 6 rings (SSSR count). The second-order valence-corrected chi connectivity index (χ2v) is 12.7. The van der Waals surface area contributed by atoms with Crippen molar-refractivity contribution >= 4 is 23.4 Å². The number of carbonyl (C=O) groups excluding carboxylic acids is 3. The summed E-state index contributed by atoms with van der Waals surface area (Å²) in [4.78, 5) is 42.3. The first-order valence-electron chi connectivity index (χ1n) is 15.8. The highest BCUT2D eigenvalue weighted by Crippen LogP contribution is 2.49. The van der Waals surface area contributed by atoms with Gasteiger partial charge in [0.05, 0.1) is 5.54 Å². The van der Waals surface area contributed by atoms with Crippen LogP contribution in [0.3, 0.4) is 0 Å². The van der Waals surface area contributed by atoms with Crippen molar-refractivity contribution in [2.45, 2.75) is 76.5 Å². The van der Waals surface area contributed by atoms with E-state index >= 15 is 0 Å². The first-order chi connectivity index (χ1) is 20.8.